The maximum atomic E-state index is 12.6. The molecule has 0 fully saturated rings. The molecular formula is C40H80NO8P. The Morgan fingerprint density at radius 3 is 1.28 bits per heavy atom. The van der Waals surface area contributed by atoms with Gasteiger partial charge in [-0.2, -0.15) is 0 Å². The van der Waals surface area contributed by atoms with Crippen LogP contribution in [0.25, 0.3) is 0 Å². The fourth-order valence-electron chi connectivity index (χ4n) is 5.83. The molecule has 50 heavy (non-hydrogen) atoms. The first-order valence-corrected chi connectivity index (χ1v) is 22.2. The molecule has 0 aliphatic carbocycles. The molecule has 10 heteroatoms. The van der Waals surface area contributed by atoms with Gasteiger partial charge in [-0.15, -0.1) is 0 Å². The van der Waals surface area contributed by atoms with Crippen LogP contribution in [0.1, 0.15) is 194 Å². The van der Waals surface area contributed by atoms with Gasteiger partial charge in [0.25, 0.3) is 7.82 Å². The van der Waals surface area contributed by atoms with Crippen LogP contribution in [0.3, 0.4) is 0 Å². The quantitative estimate of drug-likeness (QED) is 0.0267. The molecule has 0 saturated carbocycles. The maximum absolute atomic E-state index is 12.6. The van der Waals surface area contributed by atoms with E-state index in [0.717, 1.165) is 32.1 Å². The van der Waals surface area contributed by atoms with Crippen LogP contribution in [-0.2, 0) is 32.7 Å². The number of quaternary nitrogens is 1. The highest BCUT2D eigenvalue weighted by atomic mass is 31.2. The number of carbonyl (C=O) groups is 2. The van der Waals surface area contributed by atoms with Crippen LogP contribution in [0.4, 0.5) is 0 Å². The number of hydrogen-bond donors (Lipinski definition) is 0. The Hall–Kier alpha value is -0.990. The monoisotopic (exact) mass is 734 g/mol. The lowest BCUT2D eigenvalue weighted by atomic mass is 10.0. The molecule has 0 aromatic rings. The van der Waals surface area contributed by atoms with Crippen LogP contribution in [0.5, 0.6) is 0 Å². The summed E-state index contributed by atoms with van der Waals surface area (Å²) >= 11 is 0. The van der Waals surface area contributed by atoms with Gasteiger partial charge in [0.05, 0.1) is 27.7 Å². The number of ether oxygens (including phenoxy) is 2. The van der Waals surface area contributed by atoms with Crippen molar-refractivity contribution in [1.82, 2.24) is 0 Å². The number of phosphoric ester groups is 1. The van der Waals surface area contributed by atoms with Crippen molar-refractivity contribution in [2.75, 3.05) is 47.5 Å². The van der Waals surface area contributed by atoms with Gasteiger partial charge in [0.1, 0.15) is 19.8 Å². The molecule has 0 spiro atoms. The summed E-state index contributed by atoms with van der Waals surface area (Å²) in [6, 6.07) is 0. The highest BCUT2D eigenvalue weighted by Crippen LogP contribution is 2.38. The van der Waals surface area contributed by atoms with E-state index in [-0.39, 0.29) is 32.0 Å². The number of esters is 2. The van der Waals surface area contributed by atoms with E-state index < -0.39 is 26.5 Å². The molecule has 0 aromatic heterocycles. The first-order chi connectivity index (χ1) is 24.0. The minimum atomic E-state index is -4.61. The summed E-state index contributed by atoms with van der Waals surface area (Å²) in [7, 11) is 1.18. The predicted molar refractivity (Wildman–Crippen MR) is 204 cm³/mol. The van der Waals surface area contributed by atoms with Gasteiger partial charge in [-0.25, -0.2) is 0 Å². The van der Waals surface area contributed by atoms with Crippen LogP contribution < -0.4 is 4.89 Å². The van der Waals surface area contributed by atoms with Crippen LogP contribution in [0, 0.1) is 0 Å². The molecule has 2 atom stereocenters. The Balaban J connectivity index is 4.30. The van der Waals surface area contributed by atoms with Crippen molar-refractivity contribution in [3.8, 4) is 0 Å². The second-order valence-electron chi connectivity index (χ2n) is 15.4. The van der Waals surface area contributed by atoms with E-state index in [9.17, 15) is 19.0 Å². The van der Waals surface area contributed by atoms with Crippen LogP contribution in [-0.4, -0.2) is 70.0 Å². The lowest BCUT2D eigenvalue weighted by molar-refractivity contribution is -0.870. The van der Waals surface area contributed by atoms with E-state index in [1.807, 2.05) is 21.1 Å². The summed E-state index contributed by atoms with van der Waals surface area (Å²) in [6.45, 7) is 4.22. The molecule has 0 amide bonds. The normalized spacial score (nSPS) is 13.6. The Morgan fingerprint density at radius 1 is 0.540 bits per heavy atom. The van der Waals surface area contributed by atoms with E-state index in [1.165, 1.54) is 128 Å². The highest BCUT2D eigenvalue weighted by molar-refractivity contribution is 7.45. The largest absolute Gasteiger partial charge is 0.756 e. The van der Waals surface area contributed by atoms with Crippen LogP contribution >= 0.6 is 7.82 Å². The van der Waals surface area contributed by atoms with Gasteiger partial charge in [-0.05, 0) is 12.8 Å². The Morgan fingerprint density at radius 2 is 0.900 bits per heavy atom. The van der Waals surface area contributed by atoms with Crippen LogP contribution in [0.15, 0.2) is 0 Å². The summed E-state index contributed by atoms with van der Waals surface area (Å²) in [5.74, 6) is -0.826. The Labute approximate surface area is 308 Å². The molecule has 0 heterocycles. The average Bonchev–Trinajstić information content (AvgIpc) is 3.06. The van der Waals surface area contributed by atoms with Crippen LogP contribution in [0.2, 0.25) is 0 Å². The number of unbranched alkanes of at least 4 members (excludes halogenated alkanes) is 24. The zero-order valence-corrected chi connectivity index (χ0v) is 34.3. The van der Waals surface area contributed by atoms with Crippen molar-refractivity contribution >= 4 is 19.8 Å². The van der Waals surface area contributed by atoms with Gasteiger partial charge in [0, 0.05) is 12.8 Å². The summed E-state index contributed by atoms with van der Waals surface area (Å²) < 4.78 is 33.8. The number of phosphoric acid groups is 1. The molecule has 0 rings (SSSR count). The predicted octanol–water partition coefficient (Wildman–Crippen LogP) is 10.6. The summed E-state index contributed by atoms with van der Waals surface area (Å²) in [4.78, 5) is 37.3. The van der Waals surface area contributed by atoms with E-state index >= 15 is 0 Å². The minimum absolute atomic E-state index is 0.0260. The van der Waals surface area contributed by atoms with Gasteiger partial charge < -0.3 is 27.9 Å². The fraction of sp³-hybridized carbons (Fsp3) is 0.950. The zero-order valence-electron chi connectivity index (χ0n) is 33.4. The third-order valence-electron chi connectivity index (χ3n) is 9.13. The average molecular weight is 734 g/mol. The van der Waals surface area contributed by atoms with Crippen molar-refractivity contribution in [1.29, 1.82) is 0 Å². The third-order valence-corrected chi connectivity index (χ3v) is 10.1. The van der Waals surface area contributed by atoms with Gasteiger partial charge in [-0.1, -0.05) is 168 Å². The number of carbonyl (C=O) groups excluding carboxylic acids is 2. The third kappa shape index (κ3) is 36.8. The van der Waals surface area contributed by atoms with E-state index in [2.05, 4.69) is 13.8 Å². The Bertz CT molecular complexity index is 835. The van der Waals surface area contributed by atoms with Gasteiger partial charge in [-0.3, -0.25) is 14.2 Å². The molecule has 0 aliphatic rings. The van der Waals surface area contributed by atoms with Crippen molar-refractivity contribution in [3.05, 3.63) is 0 Å². The van der Waals surface area contributed by atoms with Gasteiger partial charge in [0.15, 0.2) is 6.10 Å². The molecule has 0 N–H and O–H groups in total. The van der Waals surface area contributed by atoms with Gasteiger partial charge in [0.2, 0.25) is 0 Å². The van der Waals surface area contributed by atoms with Crippen molar-refractivity contribution in [2.24, 2.45) is 0 Å². The van der Waals surface area contributed by atoms with Crippen molar-refractivity contribution < 1.29 is 42.1 Å². The molecule has 298 valence electrons. The van der Waals surface area contributed by atoms with E-state index in [1.54, 1.807) is 0 Å². The zero-order chi connectivity index (χ0) is 37.2. The number of nitrogens with zero attached hydrogens (tertiary/aromatic N) is 1. The summed E-state index contributed by atoms with van der Waals surface area (Å²) in [5.41, 5.74) is 0. The minimum Gasteiger partial charge on any atom is -0.756 e. The molecule has 0 radical (unpaired) electrons. The van der Waals surface area contributed by atoms with Crippen molar-refractivity contribution in [2.45, 2.75) is 200 Å². The molecule has 0 bridgehead atoms. The summed E-state index contributed by atoms with van der Waals surface area (Å²) in [5, 5.41) is 0. The maximum Gasteiger partial charge on any atom is 0.306 e. The molecule has 0 saturated heterocycles. The molecule has 0 aliphatic heterocycles. The molecule has 0 aromatic carbocycles. The lowest BCUT2D eigenvalue weighted by Crippen LogP contribution is -2.37. The molecule has 9 nitrogen and oxygen atoms in total. The highest BCUT2D eigenvalue weighted by Gasteiger charge is 2.21. The van der Waals surface area contributed by atoms with Crippen molar-refractivity contribution in [3.63, 3.8) is 0 Å². The first kappa shape index (κ1) is 49.0. The lowest BCUT2D eigenvalue weighted by Gasteiger charge is -2.28. The SMILES string of the molecule is CCCCCCCCCCCCCCCCCCCC(=O)OC(COC(=O)CCCCCCCCCCC)COP(=O)([O-])OCC[N+](C)(C)C. The number of likely N-dealkylation sites (N-methyl/N-ethyl adjacent to an activating group) is 1. The van der Waals surface area contributed by atoms with Gasteiger partial charge >= 0.3 is 11.9 Å². The smallest absolute Gasteiger partial charge is 0.306 e. The number of rotatable bonds is 38. The molecular weight excluding hydrogens is 653 g/mol. The topological polar surface area (TPSA) is 111 Å². The second kappa shape index (κ2) is 33.8. The first-order valence-electron chi connectivity index (χ1n) is 20.7. The van der Waals surface area contributed by atoms with E-state index in [0.29, 0.717) is 17.4 Å². The standard InChI is InChI=1S/C40H80NO8P/c1-6-8-10-12-14-16-17-18-19-20-21-22-23-25-27-29-31-33-40(43)49-38(37-48-50(44,45)47-35-34-41(3,4)5)36-46-39(42)32-30-28-26-24-15-13-11-9-7-2/h38H,6-37H2,1-5H3. The fourth-order valence-corrected chi connectivity index (χ4v) is 6.56. The van der Waals surface area contributed by atoms with E-state index in [4.69, 9.17) is 18.5 Å². The Kier molecular flexibility index (Phi) is 33.2. The number of hydrogen-bond acceptors (Lipinski definition) is 8. The molecule has 2 unspecified atom stereocenters. The summed E-state index contributed by atoms with van der Waals surface area (Å²) in [6.07, 6.45) is 31.3. The second-order valence-corrected chi connectivity index (χ2v) is 16.8.